The average Bonchev–Trinajstić information content (AvgIpc) is 2.76. The molecule has 0 aliphatic rings. The summed E-state index contributed by atoms with van der Waals surface area (Å²) in [5.74, 6) is -1.25. The van der Waals surface area contributed by atoms with Gasteiger partial charge in [-0.05, 0) is 24.3 Å². The number of aromatic nitrogens is 2. The summed E-state index contributed by atoms with van der Waals surface area (Å²) in [6.45, 7) is 0. The maximum atomic E-state index is 12.7. The third-order valence-corrected chi connectivity index (χ3v) is 3.91. The Kier molecular flexibility index (Phi) is 3.70. The molecule has 2 aromatic rings. The number of carboxylic acid groups (broad SMARTS) is 1. The van der Waals surface area contributed by atoms with Gasteiger partial charge in [0, 0.05) is 5.56 Å². The summed E-state index contributed by atoms with van der Waals surface area (Å²) in [5.41, 5.74) is 0.770. The van der Waals surface area contributed by atoms with E-state index in [-0.39, 0.29) is 11.6 Å². The van der Waals surface area contributed by atoms with Gasteiger partial charge in [-0.15, -0.1) is 10.2 Å². The first-order chi connectivity index (χ1) is 8.15. The number of benzene rings is 1. The second-order valence-corrected chi connectivity index (χ2v) is 5.26. The van der Waals surface area contributed by atoms with Crippen LogP contribution in [0.5, 0.6) is 0 Å². The first kappa shape index (κ1) is 12.0. The third kappa shape index (κ3) is 3.24. The molecule has 0 aliphatic carbocycles. The van der Waals surface area contributed by atoms with Crippen molar-refractivity contribution in [3.05, 3.63) is 30.1 Å². The van der Waals surface area contributed by atoms with Crippen LogP contribution < -0.4 is 0 Å². The van der Waals surface area contributed by atoms with E-state index in [1.54, 1.807) is 12.1 Å². The Morgan fingerprint density at radius 3 is 2.71 bits per heavy atom. The number of hydrogen-bond acceptors (Lipinski definition) is 5. The molecule has 2 rings (SSSR count). The Labute approximate surface area is 105 Å². The van der Waals surface area contributed by atoms with Crippen LogP contribution in [0.2, 0.25) is 0 Å². The van der Waals surface area contributed by atoms with Gasteiger partial charge in [0.25, 0.3) is 0 Å². The predicted octanol–water partition coefficient (Wildman–Crippen LogP) is 2.52. The van der Waals surface area contributed by atoms with Crippen molar-refractivity contribution in [3.63, 3.8) is 0 Å². The van der Waals surface area contributed by atoms with Crippen LogP contribution in [-0.2, 0) is 4.79 Å². The molecular formula is C10H7FN2O2S2. The molecule has 17 heavy (non-hydrogen) atoms. The van der Waals surface area contributed by atoms with Crippen LogP contribution in [0, 0.1) is 5.82 Å². The van der Waals surface area contributed by atoms with Gasteiger partial charge < -0.3 is 5.11 Å². The average molecular weight is 270 g/mol. The molecule has 0 saturated carbocycles. The van der Waals surface area contributed by atoms with Crippen LogP contribution >= 0.6 is 23.1 Å². The third-order valence-electron chi connectivity index (χ3n) is 1.82. The highest BCUT2D eigenvalue weighted by Gasteiger charge is 2.08. The number of nitrogens with zero attached hydrogens (tertiary/aromatic N) is 2. The maximum absolute atomic E-state index is 12.7. The molecule has 4 nitrogen and oxygen atoms in total. The second kappa shape index (κ2) is 5.24. The standard InChI is InChI=1S/C10H7FN2O2S2/c11-7-3-1-6(2-4-7)9-12-13-10(17-9)16-5-8(14)15/h1-4H,5H2,(H,14,15). The lowest BCUT2D eigenvalue weighted by molar-refractivity contribution is -0.133. The lowest BCUT2D eigenvalue weighted by Gasteiger charge is -1.93. The fourth-order valence-electron chi connectivity index (χ4n) is 1.10. The molecule has 0 amide bonds. The molecule has 1 heterocycles. The van der Waals surface area contributed by atoms with Crippen molar-refractivity contribution in [3.8, 4) is 10.6 Å². The van der Waals surface area contributed by atoms with Crippen molar-refractivity contribution in [2.45, 2.75) is 4.34 Å². The van der Waals surface area contributed by atoms with E-state index in [4.69, 9.17) is 5.11 Å². The summed E-state index contributed by atoms with van der Waals surface area (Å²) in [5, 5.41) is 17.0. The van der Waals surface area contributed by atoms with Crippen molar-refractivity contribution < 1.29 is 14.3 Å². The molecule has 1 N–H and O–H groups in total. The molecule has 88 valence electrons. The van der Waals surface area contributed by atoms with E-state index in [1.807, 2.05) is 0 Å². The quantitative estimate of drug-likeness (QED) is 0.865. The van der Waals surface area contributed by atoms with Gasteiger partial charge in [-0.25, -0.2) is 4.39 Å². The molecule has 0 unspecified atom stereocenters. The number of thioether (sulfide) groups is 1. The molecule has 0 aliphatic heterocycles. The molecule has 0 radical (unpaired) electrons. The van der Waals surface area contributed by atoms with Gasteiger partial charge in [-0.2, -0.15) is 0 Å². The normalized spacial score (nSPS) is 10.4. The summed E-state index contributed by atoms with van der Waals surface area (Å²) in [6.07, 6.45) is 0. The second-order valence-electron chi connectivity index (χ2n) is 3.06. The first-order valence-electron chi connectivity index (χ1n) is 4.59. The van der Waals surface area contributed by atoms with Crippen LogP contribution in [-0.4, -0.2) is 27.0 Å². The van der Waals surface area contributed by atoms with Gasteiger partial charge in [0.2, 0.25) is 0 Å². The van der Waals surface area contributed by atoms with E-state index in [0.717, 1.165) is 17.3 Å². The molecule has 0 bridgehead atoms. The molecule has 0 fully saturated rings. The summed E-state index contributed by atoms with van der Waals surface area (Å²) in [7, 11) is 0. The van der Waals surface area contributed by atoms with E-state index < -0.39 is 5.97 Å². The van der Waals surface area contributed by atoms with Crippen molar-refractivity contribution in [2.75, 3.05) is 5.75 Å². The zero-order valence-corrected chi connectivity index (χ0v) is 10.1. The van der Waals surface area contributed by atoms with E-state index in [9.17, 15) is 9.18 Å². The van der Waals surface area contributed by atoms with Crippen LogP contribution in [0.4, 0.5) is 4.39 Å². The van der Waals surface area contributed by atoms with E-state index >= 15 is 0 Å². The molecule has 1 aromatic heterocycles. The van der Waals surface area contributed by atoms with Gasteiger partial charge in [0.15, 0.2) is 4.34 Å². The number of carboxylic acids is 1. The lowest BCUT2D eigenvalue weighted by atomic mass is 10.2. The minimum absolute atomic E-state index is 0.0436. The lowest BCUT2D eigenvalue weighted by Crippen LogP contribution is -1.96. The van der Waals surface area contributed by atoms with Gasteiger partial charge in [-0.1, -0.05) is 23.1 Å². The van der Waals surface area contributed by atoms with Gasteiger partial charge >= 0.3 is 5.97 Å². The highest BCUT2D eigenvalue weighted by Crippen LogP contribution is 2.29. The van der Waals surface area contributed by atoms with Crippen LogP contribution in [0.1, 0.15) is 0 Å². The van der Waals surface area contributed by atoms with Crippen LogP contribution in [0.3, 0.4) is 0 Å². The Bertz CT molecular complexity index is 527. The van der Waals surface area contributed by atoms with Crippen molar-refractivity contribution in [1.82, 2.24) is 10.2 Å². The first-order valence-corrected chi connectivity index (χ1v) is 6.39. The minimum atomic E-state index is -0.895. The highest BCUT2D eigenvalue weighted by molar-refractivity contribution is 8.01. The van der Waals surface area contributed by atoms with Crippen LogP contribution in [0.25, 0.3) is 10.6 Å². The SMILES string of the molecule is O=C(O)CSc1nnc(-c2ccc(F)cc2)s1. The van der Waals surface area contributed by atoms with E-state index in [0.29, 0.717) is 9.35 Å². The Morgan fingerprint density at radius 1 is 1.35 bits per heavy atom. The zero-order valence-electron chi connectivity index (χ0n) is 8.46. The van der Waals surface area contributed by atoms with Crippen LogP contribution in [0.15, 0.2) is 28.6 Å². The number of carbonyl (C=O) groups is 1. The molecule has 0 atom stereocenters. The number of hydrogen-bond donors (Lipinski definition) is 1. The largest absolute Gasteiger partial charge is 0.481 e. The molecule has 0 saturated heterocycles. The van der Waals surface area contributed by atoms with Gasteiger partial charge in [0.1, 0.15) is 10.8 Å². The number of halogens is 1. The summed E-state index contributed by atoms with van der Waals surface area (Å²) in [6, 6.07) is 5.92. The molecule has 1 aromatic carbocycles. The Balaban J connectivity index is 2.12. The van der Waals surface area contributed by atoms with Crippen molar-refractivity contribution in [1.29, 1.82) is 0 Å². The number of aliphatic carboxylic acids is 1. The zero-order chi connectivity index (χ0) is 12.3. The van der Waals surface area contributed by atoms with E-state index in [1.165, 1.54) is 23.5 Å². The highest BCUT2D eigenvalue weighted by atomic mass is 32.2. The summed E-state index contributed by atoms with van der Waals surface area (Å²) < 4.78 is 13.3. The van der Waals surface area contributed by atoms with Crippen molar-refractivity contribution in [2.24, 2.45) is 0 Å². The number of rotatable bonds is 4. The maximum Gasteiger partial charge on any atom is 0.313 e. The Hall–Kier alpha value is -1.47. The van der Waals surface area contributed by atoms with Crippen molar-refractivity contribution >= 4 is 29.1 Å². The molecular weight excluding hydrogens is 263 g/mol. The Morgan fingerprint density at radius 2 is 2.06 bits per heavy atom. The van der Waals surface area contributed by atoms with Gasteiger partial charge in [0.05, 0.1) is 5.75 Å². The summed E-state index contributed by atoms with van der Waals surface area (Å²) >= 11 is 2.41. The smallest absolute Gasteiger partial charge is 0.313 e. The minimum Gasteiger partial charge on any atom is -0.481 e. The molecule has 0 spiro atoms. The topological polar surface area (TPSA) is 63.1 Å². The monoisotopic (exact) mass is 270 g/mol. The predicted molar refractivity (Wildman–Crippen MR) is 63.7 cm³/mol. The summed E-state index contributed by atoms with van der Waals surface area (Å²) in [4.78, 5) is 10.4. The van der Waals surface area contributed by atoms with E-state index in [2.05, 4.69) is 10.2 Å². The molecule has 7 heteroatoms. The fraction of sp³-hybridized carbons (Fsp3) is 0.100. The fourth-order valence-corrected chi connectivity index (χ4v) is 2.68. The van der Waals surface area contributed by atoms with Gasteiger partial charge in [-0.3, -0.25) is 4.79 Å².